The highest BCUT2D eigenvalue weighted by Gasteiger charge is 2.23. The molecule has 0 aliphatic carbocycles. The molecule has 0 atom stereocenters. The number of hydrogen-bond donors (Lipinski definition) is 0. The van der Waals surface area contributed by atoms with Crippen molar-refractivity contribution in [2.45, 2.75) is 13.3 Å². The van der Waals surface area contributed by atoms with Gasteiger partial charge < -0.3 is 9.73 Å². The molecule has 1 rings (SSSR count). The maximum atomic E-state index is 10.5. The van der Waals surface area contributed by atoms with E-state index in [1.807, 2.05) is 0 Å². The summed E-state index contributed by atoms with van der Waals surface area (Å²) >= 11 is 0. The van der Waals surface area contributed by atoms with Crippen molar-refractivity contribution < 1.29 is 14.2 Å². The van der Waals surface area contributed by atoms with Crippen LogP contribution >= 0.6 is 0 Å². The highest BCUT2D eigenvalue weighted by Crippen LogP contribution is 2.22. The zero-order valence-corrected chi connectivity index (χ0v) is 7.76. The molecule has 0 saturated carbocycles. The quantitative estimate of drug-likeness (QED) is 0.234. The molecule has 0 fully saturated rings. The maximum Gasteiger partial charge on any atom is 0.334 e. The van der Waals surface area contributed by atoms with Gasteiger partial charge >= 0.3 is 5.69 Å². The van der Waals surface area contributed by atoms with E-state index in [2.05, 4.69) is 5.16 Å². The van der Waals surface area contributed by atoms with Crippen LogP contribution in [0.3, 0.4) is 0 Å². The summed E-state index contributed by atoms with van der Waals surface area (Å²) in [5.74, 6) is 0.0928. The summed E-state index contributed by atoms with van der Waals surface area (Å²) in [6, 6.07) is 0. The molecule has 1 heterocycles. The lowest BCUT2D eigenvalue weighted by atomic mass is 10.2. The average molecular weight is 199 g/mol. The first-order valence-electron chi connectivity index (χ1n) is 3.85. The Balaban J connectivity index is 2.98. The van der Waals surface area contributed by atoms with Crippen LogP contribution in [0.25, 0.3) is 0 Å². The van der Waals surface area contributed by atoms with Crippen LogP contribution in [0.5, 0.6) is 0 Å². The van der Waals surface area contributed by atoms with Gasteiger partial charge in [-0.3, -0.25) is 10.1 Å². The normalized spacial score (nSPS) is 11.7. The number of aryl methyl sites for hydroxylation is 1. The molecule has 1 aromatic rings. The number of nitro groups is 1. The van der Waals surface area contributed by atoms with Gasteiger partial charge in [-0.25, -0.2) is 4.74 Å². The van der Waals surface area contributed by atoms with Gasteiger partial charge in [0.15, 0.2) is 11.9 Å². The summed E-state index contributed by atoms with van der Waals surface area (Å²) in [4.78, 5) is 9.98. The minimum Gasteiger partial charge on any atom is -0.624 e. The Morgan fingerprint density at radius 2 is 2.21 bits per heavy atom. The molecular formula is C7H9N3O4. The molecule has 0 amide bonds. The molecule has 0 N–H and O–H groups in total. The minimum atomic E-state index is -0.570. The predicted octanol–water partition coefficient (Wildman–Crippen LogP) is 0.645. The van der Waals surface area contributed by atoms with Gasteiger partial charge in [0, 0.05) is 0 Å². The van der Waals surface area contributed by atoms with Crippen LogP contribution < -0.4 is 0 Å². The predicted molar refractivity (Wildman–Crippen MR) is 47.2 cm³/mol. The van der Waals surface area contributed by atoms with Crippen LogP contribution in [-0.4, -0.2) is 28.1 Å². The Bertz CT molecular complexity index is 378. The monoisotopic (exact) mass is 199 g/mol. The van der Waals surface area contributed by atoms with Crippen LogP contribution in [0.4, 0.5) is 5.69 Å². The fourth-order valence-electron chi connectivity index (χ4n) is 0.991. The van der Waals surface area contributed by atoms with Gasteiger partial charge in [0.2, 0.25) is 5.76 Å². The fraction of sp³-hybridized carbons (Fsp3) is 0.429. The number of hydroxylamine groups is 1. The van der Waals surface area contributed by atoms with Gasteiger partial charge in [-0.05, 0) is 6.92 Å². The lowest BCUT2D eigenvalue weighted by Gasteiger charge is -1.92. The third kappa shape index (κ3) is 2.06. The SMILES string of the molecule is Cc1noc(C/C=[N+](\C)[O-])c1[N+](=O)[O-]. The molecule has 76 valence electrons. The molecule has 14 heavy (non-hydrogen) atoms. The van der Waals surface area contributed by atoms with Crippen LogP contribution in [0.2, 0.25) is 0 Å². The van der Waals surface area contributed by atoms with Gasteiger partial charge in [-0.2, -0.15) is 0 Å². The van der Waals surface area contributed by atoms with Crippen molar-refractivity contribution in [1.29, 1.82) is 0 Å². The van der Waals surface area contributed by atoms with Crippen molar-refractivity contribution in [3.05, 3.63) is 26.8 Å². The second kappa shape index (κ2) is 3.86. The van der Waals surface area contributed by atoms with Gasteiger partial charge in [0.05, 0.1) is 11.3 Å². The van der Waals surface area contributed by atoms with Gasteiger partial charge in [-0.15, -0.1) is 0 Å². The van der Waals surface area contributed by atoms with E-state index in [1.165, 1.54) is 20.2 Å². The first-order chi connectivity index (χ1) is 6.52. The first kappa shape index (κ1) is 10.2. The topological polar surface area (TPSA) is 95.2 Å². The third-order valence-electron chi connectivity index (χ3n) is 1.62. The second-order valence-electron chi connectivity index (χ2n) is 2.73. The zero-order chi connectivity index (χ0) is 10.7. The highest BCUT2D eigenvalue weighted by atomic mass is 16.6. The molecule has 7 heteroatoms. The van der Waals surface area contributed by atoms with E-state index in [0.717, 1.165) is 0 Å². The van der Waals surface area contributed by atoms with Crippen molar-refractivity contribution in [3.8, 4) is 0 Å². The Kier molecular flexibility index (Phi) is 2.80. The van der Waals surface area contributed by atoms with Gasteiger partial charge in [-0.1, -0.05) is 5.16 Å². The number of hydrogen-bond acceptors (Lipinski definition) is 5. The van der Waals surface area contributed by atoms with Crippen LogP contribution in [0.1, 0.15) is 11.5 Å². The van der Waals surface area contributed by atoms with Crippen molar-refractivity contribution in [1.82, 2.24) is 5.16 Å². The summed E-state index contributed by atoms with van der Waals surface area (Å²) in [7, 11) is 1.29. The van der Waals surface area contributed by atoms with E-state index in [1.54, 1.807) is 0 Å². The summed E-state index contributed by atoms with van der Waals surface area (Å²) in [6.07, 6.45) is 1.30. The third-order valence-corrected chi connectivity index (χ3v) is 1.62. The Labute approximate surface area is 79.4 Å². The number of aromatic nitrogens is 1. The second-order valence-corrected chi connectivity index (χ2v) is 2.73. The standard InChI is InChI=1S/C7H9N3O4/c1-5-7(10(12)13)6(14-8-5)3-4-9(2)11/h4H,3H2,1-2H3/b9-4+. The molecule has 0 radical (unpaired) electrons. The minimum absolute atomic E-state index is 0.0666. The highest BCUT2D eigenvalue weighted by molar-refractivity contribution is 5.58. The van der Waals surface area contributed by atoms with Crippen LogP contribution in [0.15, 0.2) is 4.52 Å². The lowest BCUT2D eigenvalue weighted by molar-refractivity contribution is -0.418. The zero-order valence-electron chi connectivity index (χ0n) is 7.76. The molecule has 0 spiro atoms. The summed E-state index contributed by atoms with van der Waals surface area (Å²) in [5.41, 5.74) is 0.0510. The van der Waals surface area contributed by atoms with Crippen molar-refractivity contribution >= 4 is 11.9 Å². The molecular weight excluding hydrogens is 190 g/mol. The summed E-state index contributed by atoms with van der Waals surface area (Å²) in [6.45, 7) is 1.48. The largest absolute Gasteiger partial charge is 0.624 e. The van der Waals surface area contributed by atoms with Crippen molar-refractivity contribution in [3.63, 3.8) is 0 Å². The van der Waals surface area contributed by atoms with E-state index < -0.39 is 4.92 Å². The van der Waals surface area contributed by atoms with Gasteiger partial charge in [0.1, 0.15) is 7.05 Å². The van der Waals surface area contributed by atoms with Crippen LogP contribution in [-0.2, 0) is 6.42 Å². The van der Waals surface area contributed by atoms with Gasteiger partial charge in [0.25, 0.3) is 0 Å². The average Bonchev–Trinajstić information content (AvgIpc) is 2.43. The number of rotatable bonds is 3. The maximum absolute atomic E-state index is 10.5. The van der Waals surface area contributed by atoms with Crippen molar-refractivity contribution in [2.24, 2.45) is 0 Å². The molecule has 0 aliphatic heterocycles. The van der Waals surface area contributed by atoms with Crippen molar-refractivity contribution in [2.75, 3.05) is 7.05 Å². The fourth-order valence-corrected chi connectivity index (χ4v) is 0.991. The Morgan fingerprint density at radius 3 is 2.71 bits per heavy atom. The molecule has 0 aromatic carbocycles. The Hall–Kier alpha value is -1.92. The lowest BCUT2D eigenvalue weighted by Crippen LogP contribution is -2.00. The van der Waals surface area contributed by atoms with E-state index in [-0.39, 0.29) is 23.6 Å². The number of nitrogens with zero attached hydrogens (tertiary/aromatic N) is 3. The molecule has 1 aromatic heterocycles. The summed E-state index contributed by atoms with van der Waals surface area (Å²) < 4.78 is 5.28. The molecule has 0 saturated heterocycles. The van der Waals surface area contributed by atoms with Crippen LogP contribution in [0, 0.1) is 22.2 Å². The smallest absolute Gasteiger partial charge is 0.334 e. The van der Waals surface area contributed by atoms with E-state index >= 15 is 0 Å². The molecule has 0 unspecified atom stereocenters. The molecule has 7 nitrogen and oxygen atoms in total. The van der Waals surface area contributed by atoms with E-state index in [9.17, 15) is 15.3 Å². The molecule has 0 bridgehead atoms. The Morgan fingerprint density at radius 1 is 1.57 bits per heavy atom. The van der Waals surface area contributed by atoms with E-state index in [4.69, 9.17) is 4.52 Å². The van der Waals surface area contributed by atoms with E-state index in [0.29, 0.717) is 4.74 Å². The molecule has 0 aliphatic rings. The summed E-state index contributed by atoms with van der Waals surface area (Å²) in [5, 5.41) is 24.5. The first-order valence-corrected chi connectivity index (χ1v) is 3.85.